The zero-order valence-corrected chi connectivity index (χ0v) is 13.3. The van der Waals surface area contributed by atoms with Gasteiger partial charge >= 0.3 is 5.97 Å². The van der Waals surface area contributed by atoms with Crippen molar-refractivity contribution in [1.29, 1.82) is 0 Å². The Morgan fingerprint density at radius 3 is 2.91 bits per heavy atom. The van der Waals surface area contributed by atoms with Gasteiger partial charge in [-0.2, -0.15) is 0 Å². The molecule has 6 heteroatoms. The largest absolute Gasteiger partial charge is 0.481 e. The normalized spacial score (nSPS) is 27.9. The van der Waals surface area contributed by atoms with Crippen molar-refractivity contribution in [3.8, 4) is 0 Å². The van der Waals surface area contributed by atoms with Gasteiger partial charge in [0, 0.05) is 19.3 Å². The summed E-state index contributed by atoms with van der Waals surface area (Å²) in [4.78, 5) is 28.5. The van der Waals surface area contributed by atoms with E-state index in [-0.39, 0.29) is 12.2 Å². The van der Waals surface area contributed by atoms with E-state index in [0.29, 0.717) is 19.3 Å². The van der Waals surface area contributed by atoms with E-state index in [1.54, 1.807) is 0 Å². The molecule has 6 nitrogen and oxygen atoms in total. The Labute approximate surface area is 136 Å². The standard InChI is InChI=1S/C17H24N2O4/c20-15-9-13(2-4-16(21)22)10-17(15)11-14(19-23-17)3-1-12-5-7-18-8-6-12/h10,12,18H,1-9,11H2,(H,21,22). The van der Waals surface area contributed by atoms with Crippen LogP contribution in [0.25, 0.3) is 0 Å². The van der Waals surface area contributed by atoms with Gasteiger partial charge in [0.1, 0.15) is 0 Å². The summed E-state index contributed by atoms with van der Waals surface area (Å²) >= 11 is 0. The number of aliphatic carboxylic acids is 1. The van der Waals surface area contributed by atoms with E-state index in [9.17, 15) is 9.59 Å². The van der Waals surface area contributed by atoms with Gasteiger partial charge in [0.05, 0.1) is 5.71 Å². The highest BCUT2D eigenvalue weighted by Crippen LogP contribution is 2.38. The fourth-order valence-electron chi connectivity index (χ4n) is 3.66. The topological polar surface area (TPSA) is 88.0 Å². The highest BCUT2D eigenvalue weighted by atomic mass is 16.7. The Morgan fingerprint density at radius 2 is 2.17 bits per heavy atom. The smallest absolute Gasteiger partial charge is 0.303 e. The number of hydrogen-bond donors (Lipinski definition) is 2. The minimum Gasteiger partial charge on any atom is -0.481 e. The number of carboxylic acids is 1. The number of carbonyl (C=O) groups excluding carboxylic acids is 1. The van der Waals surface area contributed by atoms with E-state index in [1.807, 2.05) is 6.08 Å². The Kier molecular flexibility index (Phi) is 4.80. The van der Waals surface area contributed by atoms with Crippen LogP contribution in [0.4, 0.5) is 0 Å². The third kappa shape index (κ3) is 3.80. The number of carbonyl (C=O) groups is 2. The van der Waals surface area contributed by atoms with Crippen LogP contribution in [-0.4, -0.2) is 41.3 Å². The van der Waals surface area contributed by atoms with Gasteiger partial charge in [-0.05, 0) is 57.2 Å². The van der Waals surface area contributed by atoms with Crippen LogP contribution >= 0.6 is 0 Å². The maximum atomic E-state index is 12.3. The minimum atomic E-state index is -0.933. The molecule has 0 aromatic rings. The van der Waals surface area contributed by atoms with Crippen molar-refractivity contribution >= 4 is 17.5 Å². The molecule has 3 rings (SSSR count). The van der Waals surface area contributed by atoms with E-state index in [1.165, 1.54) is 12.8 Å². The number of carboxylic acid groups (broad SMARTS) is 1. The van der Waals surface area contributed by atoms with Gasteiger partial charge in [0.25, 0.3) is 0 Å². The number of Topliss-reactive ketones (excluding diaryl/α,β-unsaturated/α-hetero) is 1. The zero-order valence-electron chi connectivity index (χ0n) is 13.3. The summed E-state index contributed by atoms with van der Waals surface area (Å²) in [6.45, 7) is 2.18. The van der Waals surface area contributed by atoms with E-state index in [4.69, 9.17) is 9.94 Å². The van der Waals surface area contributed by atoms with Gasteiger partial charge in [0.15, 0.2) is 5.78 Å². The molecule has 2 N–H and O–H groups in total. The number of hydrogen-bond acceptors (Lipinski definition) is 5. The van der Waals surface area contributed by atoms with E-state index in [2.05, 4.69) is 10.5 Å². The summed E-state index contributed by atoms with van der Waals surface area (Å²) < 4.78 is 0. The fourth-order valence-corrected chi connectivity index (χ4v) is 3.66. The minimum absolute atomic E-state index is 0.0125. The maximum absolute atomic E-state index is 12.3. The molecule has 2 aliphatic heterocycles. The molecule has 2 heterocycles. The Hall–Kier alpha value is -1.69. The van der Waals surface area contributed by atoms with Crippen molar-refractivity contribution in [2.24, 2.45) is 11.1 Å². The fraction of sp³-hybridized carbons (Fsp3) is 0.706. The lowest BCUT2D eigenvalue weighted by Crippen LogP contribution is -2.33. The first-order valence-corrected chi connectivity index (χ1v) is 8.48. The maximum Gasteiger partial charge on any atom is 0.303 e. The molecule has 1 unspecified atom stereocenters. The van der Waals surface area contributed by atoms with E-state index in [0.717, 1.165) is 43.1 Å². The lowest BCUT2D eigenvalue weighted by atomic mass is 9.89. The lowest BCUT2D eigenvalue weighted by Gasteiger charge is -2.22. The summed E-state index contributed by atoms with van der Waals surface area (Å²) in [6.07, 6.45) is 7.52. The average Bonchev–Trinajstić information content (AvgIpc) is 3.09. The summed E-state index contributed by atoms with van der Waals surface area (Å²) in [5.74, 6) is -0.0968. The molecule has 1 saturated heterocycles. The van der Waals surface area contributed by atoms with Crippen molar-refractivity contribution in [2.75, 3.05) is 13.1 Å². The molecule has 3 aliphatic rings. The molecule has 1 spiro atoms. The number of piperidine rings is 1. The van der Waals surface area contributed by atoms with Gasteiger partial charge in [-0.15, -0.1) is 0 Å². The Bertz CT molecular complexity index is 549. The SMILES string of the molecule is O=C(O)CCC1=CC2(CC(CCC3CCNCC3)=NO2)C(=O)C1. The van der Waals surface area contributed by atoms with Crippen LogP contribution in [0.15, 0.2) is 16.8 Å². The molecular weight excluding hydrogens is 296 g/mol. The average molecular weight is 320 g/mol. The Morgan fingerprint density at radius 1 is 1.39 bits per heavy atom. The number of oxime groups is 1. The number of nitrogens with zero attached hydrogens (tertiary/aromatic N) is 1. The van der Waals surface area contributed by atoms with Crippen LogP contribution < -0.4 is 5.32 Å². The van der Waals surface area contributed by atoms with Gasteiger partial charge in [0.2, 0.25) is 5.60 Å². The summed E-state index contributed by atoms with van der Waals surface area (Å²) in [5, 5.41) is 16.3. The number of rotatable bonds is 6. The van der Waals surface area contributed by atoms with Crippen molar-refractivity contribution in [1.82, 2.24) is 5.32 Å². The predicted molar refractivity (Wildman–Crippen MR) is 85.3 cm³/mol. The highest BCUT2D eigenvalue weighted by Gasteiger charge is 2.47. The first kappa shape index (κ1) is 16.2. The summed E-state index contributed by atoms with van der Waals surface area (Å²) in [7, 11) is 0. The molecule has 0 aromatic carbocycles. The van der Waals surface area contributed by atoms with Crippen molar-refractivity contribution < 1.29 is 19.5 Å². The molecule has 1 fully saturated rings. The summed E-state index contributed by atoms with van der Waals surface area (Å²) in [6, 6.07) is 0. The lowest BCUT2D eigenvalue weighted by molar-refractivity contribution is -0.137. The van der Waals surface area contributed by atoms with Crippen LogP contribution in [0.2, 0.25) is 0 Å². The first-order valence-electron chi connectivity index (χ1n) is 8.48. The number of allylic oxidation sites excluding steroid dienone is 1. The number of nitrogens with one attached hydrogen (secondary N) is 1. The van der Waals surface area contributed by atoms with Crippen molar-refractivity contribution in [3.05, 3.63) is 11.6 Å². The first-order chi connectivity index (χ1) is 11.1. The molecule has 0 saturated carbocycles. The zero-order chi connectivity index (χ0) is 16.3. The van der Waals surface area contributed by atoms with Crippen LogP contribution in [-0.2, 0) is 14.4 Å². The quantitative estimate of drug-likeness (QED) is 0.731. The van der Waals surface area contributed by atoms with E-state index >= 15 is 0 Å². The third-order valence-corrected chi connectivity index (χ3v) is 5.06. The molecule has 23 heavy (non-hydrogen) atoms. The molecular formula is C17H24N2O4. The second-order valence-electron chi connectivity index (χ2n) is 6.84. The molecule has 126 valence electrons. The molecule has 0 bridgehead atoms. The van der Waals surface area contributed by atoms with Gasteiger partial charge in [-0.25, -0.2) is 0 Å². The van der Waals surface area contributed by atoms with Gasteiger partial charge in [-0.1, -0.05) is 10.7 Å². The number of ketones is 1. The van der Waals surface area contributed by atoms with Gasteiger partial charge in [-0.3, -0.25) is 9.59 Å². The monoisotopic (exact) mass is 320 g/mol. The van der Waals surface area contributed by atoms with Crippen molar-refractivity contribution in [3.63, 3.8) is 0 Å². The molecule has 0 amide bonds. The van der Waals surface area contributed by atoms with Crippen molar-refractivity contribution in [2.45, 2.75) is 57.0 Å². The second-order valence-corrected chi connectivity index (χ2v) is 6.84. The van der Waals surface area contributed by atoms with E-state index < -0.39 is 11.6 Å². The second kappa shape index (κ2) is 6.83. The predicted octanol–water partition coefficient (Wildman–Crippen LogP) is 2.05. The van der Waals surface area contributed by atoms with Crippen LogP contribution in [0.1, 0.15) is 51.4 Å². The third-order valence-electron chi connectivity index (χ3n) is 5.06. The Balaban J connectivity index is 1.52. The molecule has 1 atom stereocenters. The van der Waals surface area contributed by atoms with Crippen LogP contribution in [0.5, 0.6) is 0 Å². The van der Waals surface area contributed by atoms with Gasteiger partial charge < -0.3 is 15.3 Å². The highest BCUT2D eigenvalue weighted by molar-refractivity contribution is 6.01. The van der Waals surface area contributed by atoms with Crippen LogP contribution in [0.3, 0.4) is 0 Å². The molecule has 0 aromatic heterocycles. The van der Waals surface area contributed by atoms with Crippen LogP contribution in [0, 0.1) is 5.92 Å². The summed E-state index contributed by atoms with van der Waals surface area (Å²) in [5.41, 5.74) is 0.900. The molecule has 1 aliphatic carbocycles. The molecule has 0 radical (unpaired) electrons.